The zero-order valence-electron chi connectivity index (χ0n) is 17.4. The Kier molecular flexibility index (Phi) is 7.81. The average Bonchev–Trinajstić information content (AvgIpc) is 2.85. The summed E-state index contributed by atoms with van der Waals surface area (Å²) in [5, 5.41) is 0. The number of para-hydroxylation sites is 1. The largest absolute Gasteiger partial charge is 0.483 e. The Morgan fingerprint density at radius 3 is 2.39 bits per heavy atom. The van der Waals surface area contributed by atoms with E-state index >= 15 is 0 Å². The van der Waals surface area contributed by atoms with Crippen molar-refractivity contribution < 1.29 is 22.7 Å². The number of nitrogens with one attached hydrogen (secondary N) is 3. The van der Waals surface area contributed by atoms with Crippen LogP contribution in [0, 0.1) is 12.3 Å². The van der Waals surface area contributed by atoms with E-state index in [4.69, 9.17) is 11.2 Å². The first kappa shape index (κ1) is 23.5. The number of carbonyl (C=O) groups excluding carboxylic acids is 2. The summed E-state index contributed by atoms with van der Waals surface area (Å²) in [7, 11) is -3.86. The molecule has 33 heavy (non-hydrogen) atoms. The molecule has 3 aromatic carbocycles. The molecule has 0 aliphatic rings. The maximum absolute atomic E-state index is 12.3. The molecule has 0 saturated carbocycles. The highest BCUT2D eigenvalue weighted by Gasteiger charge is 2.16. The van der Waals surface area contributed by atoms with Crippen LogP contribution >= 0.6 is 0 Å². The third-order valence-corrected chi connectivity index (χ3v) is 5.82. The molecule has 0 fully saturated rings. The quantitative estimate of drug-likeness (QED) is 0.350. The molecular weight excluding hydrogens is 442 g/mol. The van der Waals surface area contributed by atoms with Gasteiger partial charge in [0.2, 0.25) is 10.0 Å². The Morgan fingerprint density at radius 1 is 0.909 bits per heavy atom. The lowest BCUT2D eigenvalue weighted by Crippen LogP contribution is -2.43. The van der Waals surface area contributed by atoms with E-state index in [2.05, 4.69) is 21.5 Å². The Bertz CT molecular complexity index is 1280. The van der Waals surface area contributed by atoms with Crippen molar-refractivity contribution in [2.24, 2.45) is 0 Å². The molecule has 3 rings (SSSR count). The molecule has 8 nitrogen and oxygen atoms in total. The predicted octanol–water partition coefficient (Wildman–Crippen LogP) is 2.11. The van der Waals surface area contributed by atoms with Gasteiger partial charge in [0, 0.05) is 11.1 Å². The van der Waals surface area contributed by atoms with Crippen LogP contribution in [0.1, 0.15) is 10.4 Å². The highest BCUT2D eigenvalue weighted by molar-refractivity contribution is 7.89. The van der Waals surface area contributed by atoms with Crippen molar-refractivity contribution in [1.82, 2.24) is 15.6 Å². The zero-order valence-corrected chi connectivity index (χ0v) is 18.3. The number of amides is 2. The summed E-state index contributed by atoms with van der Waals surface area (Å²) in [6.07, 6.45) is 5.07. The Labute approximate surface area is 192 Å². The van der Waals surface area contributed by atoms with Gasteiger partial charge in [-0.3, -0.25) is 20.4 Å². The lowest BCUT2D eigenvalue weighted by molar-refractivity contribution is -0.123. The van der Waals surface area contributed by atoms with E-state index < -0.39 is 21.8 Å². The van der Waals surface area contributed by atoms with Crippen LogP contribution in [0.5, 0.6) is 5.75 Å². The van der Waals surface area contributed by atoms with E-state index in [-0.39, 0.29) is 23.6 Å². The van der Waals surface area contributed by atoms with Crippen LogP contribution in [0.2, 0.25) is 0 Å². The molecule has 0 bridgehead atoms. The number of benzene rings is 3. The van der Waals surface area contributed by atoms with E-state index in [1.165, 1.54) is 24.3 Å². The smallest absolute Gasteiger partial charge is 0.276 e. The molecule has 3 N–H and O–H groups in total. The van der Waals surface area contributed by atoms with Gasteiger partial charge in [0.25, 0.3) is 11.8 Å². The Morgan fingerprint density at radius 2 is 1.64 bits per heavy atom. The van der Waals surface area contributed by atoms with Crippen molar-refractivity contribution >= 4 is 21.8 Å². The van der Waals surface area contributed by atoms with Gasteiger partial charge in [-0.25, -0.2) is 8.42 Å². The molecular formula is C24H21N3O5S. The fourth-order valence-corrected chi connectivity index (χ4v) is 3.83. The van der Waals surface area contributed by atoms with Gasteiger partial charge in [-0.15, -0.1) is 6.42 Å². The molecule has 168 valence electrons. The van der Waals surface area contributed by atoms with Crippen molar-refractivity contribution in [3.8, 4) is 29.2 Å². The van der Waals surface area contributed by atoms with Gasteiger partial charge < -0.3 is 4.74 Å². The third kappa shape index (κ3) is 6.43. The Hall–Kier alpha value is -4.13. The van der Waals surface area contributed by atoms with Crippen molar-refractivity contribution in [2.45, 2.75) is 4.90 Å². The van der Waals surface area contributed by atoms with Crippen molar-refractivity contribution in [1.29, 1.82) is 0 Å². The fourth-order valence-electron chi connectivity index (χ4n) is 2.85. The number of carbonyl (C=O) groups is 2. The summed E-state index contributed by atoms with van der Waals surface area (Å²) in [5.41, 5.74) is 6.28. The highest BCUT2D eigenvalue weighted by atomic mass is 32.2. The summed E-state index contributed by atoms with van der Waals surface area (Å²) in [6, 6.07) is 22.2. The maximum Gasteiger partial charge on any atom is 0.276 e. The molecule has 0 atom stereocenters. The van der Waals surface area contributed by atoms with Gasteiger partial charge in [-0.05, 0) is 29.8 Å². The van der Waals surface area contributed by atoms with Crippen molar-refractivity contribution in [3.63, 3.8) is 0 Å². The van der Waals surface area contributed by atoms with Crippen LogP contribution in [0.25, 0.3) is 11.1 Å². The van der Waals surface area contributed by atoms with Gasteiger partial charge >= 0.3 is 0 Å². The molecule has 0 spiro atoms. The van der Waals surface area contributed by atoms with Crippen molar-refractivity contribution in [3.05, 3.63) is 84.4 Å². The molecule has 0 aliphatic heterocycles. The van der Waals surface area contributed by atoms with Crippen LogP contribution < -0.4 is 20.3 Å². The minimum absolute atomic E-state index is 0.0363. The second kappa shape index (κ2) is 10.9. The van der Waals surface area contributed by atoms with E-state index in [1.807, 2.05) is 42.5 Å². The maximum atomic E-state index is 12.3. The second-order valence-corrected chi connectivity index (χ2v) is 8.48. The lowest BCUT2D eigenvalue weighted by Gasteiger charge is -2.12. The summed E-state index contributed by atoms with van der Waals surface area (Å²) >= 11 is 0. The standard InChI is InChI=1S/C24H21N3O5S/c1-2-15-25-33(30,31)20-12-8-11-19(16-20)24(29)27-26-23(28)17-32-22-14-7-6-13-21(22)18-9-4-3-5-10-18/h1,3-14,16,25H,15,17H2,(H,26,28)(H,27,29). The van der Waals surface area contributed by atoms with Crippen LogP contribution in [0.15, 0.2) is 83.8 Å². The normalized spacial score (nSPS) is 10.6. The van der Waals surface area contributed by atoms with E-state index in [0.29, 0.717) is 5.75 Å². The van der Waals surface area contributed by atoms with Crippen LogP contribution in [0.4, 0.5) is 0 Å². The summed E-state index contributed by atoms with van der Waals surface area (Å²) in [5.74, 6) is 1.40. The molecule has 0 unspecified atom stereocenters. The minimum Gasteiger partial charge on any atom is -0.483 e. The molecule has 9 heteroatoms. The molecule has 0 radical (unpaired) electrons. The molecule has 0 aromatic heterocycles. The first-order valence-corrected chi connectivity index (χ1v) is 11.3. The number of ether oxygens (including phenoxy) is 1. The summed E-state index contributed by atoms with van der Waals surface area (Å²) < 4.78 is 32.1. The van der Waals surface area contributed by atoms with Gasteiger partial charge in [0.05, 0.1) is 11.4 Å². The summed E-state index contributed by atoms with van der Waals surface area (Å²) in [6.45, 7) is -0.517. The van der Waals surface area contributed by atoms with Crippen LogP contribution in [-0.4, -0.2) is 33.4 Å². The van der Waals surface area contributed by atoms with Gasteiger partial charge in [-0.1, -0.05) is 60.5 Å². The monoisotopic (exact) mass is 463 g/mol. The van der Waals surface area contributed by atoms with E-state index in [0.717, 1.165) is 11.1 Å². The van der Waals surface area contributed by atoms with E-state index in [1.54, 1.807) is 12.1 Å². The minimum atomic E-state index is -3.86. The SMILES string of the molecule is C#CCNS(=O)(=O)c1cccc(C(=O)NNC(=O)COc2ccccc2-c2ccccc2)c1. The summed E-state index contributed by atoms with van der Waals surface area (Å²) in [4.78, 5) is 24.4. The van der Waals surface area contributed by atoms with Gasteiger partial charge in [-0.2, -0.15) is 4.72 Å². The lowest BCUT2D eigenvalue weighted by atomic mass is 10.1. The number of hydrazine groups is 1. The number of hydrogen-bond donors (Lipinski definition) is 3. The number of rotatable bonds is 8. The number of terminal acetylenes is 1. The average molecular weight is 464 g/mol. The first-order valence-electron chi connectivity index (χ1n) is 9.80. The molecule has 0 aliphatic carbocycles. The zero-order chi connectivity index (χ0) is 23.7. The molecule has 2 amide bonds. The number of hydrogen-bond acceptors (Lipinski definition) is 5. The first-order chi connectivity index (χ1) is 15.9. The topological polar surface area (TPSA) is 114 Å². The Balaban J connectivity index is 1.58. The molecule has 3 aromatic rings. The third-order valence-electron chi connectivity index (χ3n) is 4.42. The predicted molar refractivity (Wildman–Crippen MR) is 123 cm³/mol. The molecule has 0 heterocycles. The van der Waals surface area contributed by atoms with Gasteiger partial charge in [0.15, 0.2) is 6.61 Å². The highest BCUT2D eigenvalue weighted by Crippen LogP contribution is 2.29. The van der Waals surface area contributed by atoms with Crippen LogP contribution in [0.3, 0.4) is 0 Å². The van der Waals surface area contributed by atoms with Gasteiger partial charge in [0.1, 0.15) is 5.75 Å². The van der Waals surface area contributed by atoms with Crippen molar-refractivity contribution in [2.75, 3.05) is 13.2 Å². The number of sulfonamides is 1. The molecule has 0 saturated heterocycles. The second-order valence-electron chi connectivity index (χ2n) is 6.71. The fraction of sp³-hybridized carbons (Fsp3) is 0.0833. The van der Waals surface area contributed by atoms with Crippen LogP contribution in [-0.2, 0) is 14.8 Å². The van der Waals surface area contributed by atoms with E-state index in [9.17, 15) is 18.0 Å².